The number of carbonyl (C=O) groups excluding carboxylic acids is 1. The summed E-state index contributed by atoms with van der Waals surface area (Å²) in [5.41, 5.74) is 0. The number of ether oxygens (including phenoxy) is 1. The molecule has 0 radical (unpaired) electrons. The Hall–Kier alpha value is -1.30. The number of carbonyl (C=O) groups is 2. The molecule has 2 atom stereocenters. The van der Waals surface area contributed by atoms with Crippen LogP contribution in [0.4, 0.5) is 4.79 Å². The fraction of sp³-hybridized carbons (Fsp3) is 0.846. The largest absolute Gasteiger partial charge is 0.481 e. The van der Waals surface area contributed by atoms with Gasteiger partial charge in [-0.1, -0.05) is 6.92 Å². The average molecular weight is 272 g/mol. The molecule has 1 aliphatic heterocycles. The van der Waals surface area contributed by atoms with Crippen molar-refractivity contribution in [2.24, 2.45) is 5.92 Å². The zero-order valence-corrected chi connectivity index (χ0v) is 11.7. The molecular formula is C13H24N2O4. The van der Waals surface area contributed by atoms with Gasteiger partial charge in [-0.05, 0) is 25.7 Å². The maximum atomic E-state index is 12.0. The van der Waals surface area contributed by atoms with E-state index in [2.05, 4.69) is 5.32 Å². The van der Waals surface area contributed by atoms with Gasteiger partial charge in [0.1, 0.15) is 0 Å². The fourth-order valence-electron chi connectivity index (χ4n) is 2.13. The molecule has 0 aromatic carbocycles. The van der Waals surface area contributed by atoms with Gasteiger partial charge in [0.2, 0.25) is 0 Å². The Morgan fingerprint density at radius 2 is 2.26 bits per heavy atom. The highest BCUT2D eigenvalue weighted by Crippen LogP contribution is 2.13. The van der Waals surface area contributed by atoms with Crippen LogP contribution < -0.4 is 5.32 Å². The fourth-order valence-corrected chi connectivity index (χ4v) is 2.13. The summed E-state index contributed by atoms with van der Waals surface area (Å²) in [4.78, 5) is 24.2. The monoisotopic (exact) mass is 272 g/mol. The number of aliphatic carboxylic acids is 1. The Balaban J connectivity index is 2.30. The third-order valence-electron chi connectivity index (χ3n) is 3.24. The summed E-state index contributed by atoms with van der Waals surface area (Å²) < 4.78 is 5.51. The van der Waals surface area contributed by atoms with Crippen molar-refractivity contribution >= 4 is 12.0 Å². The van der Waals surface area contributed by atoms with E-state index in [4.69, 9.17) is 9.84 Å². The molecule has 1 saturated heterocycles. The molecule has 6 heteroatoms. The topological polar surface area (TPSA) is 78.9 Å². The van der Waals surface area contributed by atoms with E-state index in [9.17, 15) is 9.59 Å². The van der Waals surface area contributed by atoms with E-state index in [1.807, 2.05) is 13.8 Å². The third kappa shape index (κ3) is 5.92. The summed E-state index contributed by atoms with van der Waals surface area (Å²) >= 11 is 0. The molecule has 0 aromatic rings. The first-order valence-corrected chi connectivity index (χ1v) is 6.89. The van der Waals surface area contributed by atoms with Crippen LogP contribution in [0.1, 0.15) is 33.1 Å². The third-order valence-corrected chi connectivity index (χ3v) is 3.24. The Kier molecular flexibility index (Phi) is 6.62. The number of carboxylic acid groups (broad SMARTS) is 1. The van der Waals surface area contributed by atoms with E-state index in [1.165, 1.54) is 0 Å². The highest BCUT2D eigenvalue weighted by atomic mass is 16.5. The lowest BCUT2D eigenvalue weighted by Crippen LogP contribution is -2.44. The summed E-state index contributed by atoms with van der Waals surface area (Å²) in [5, 5.41) is 11.4. The van der Waals surface area contributed by atoms with E-state index in [0.717, 1.165) is 19.4 Å². The maximum Gasteiger partial charge on any atom is 0.317 e. The molecule has 2 amide bonds. The number of likely N-dealkylation sites (N-methyl/N-ethyl adjacent to an activating group) is 1. The van der Waals surface area contributed by atoms with Crippen molar-refractivity contribution in [2.45, 2.75) is 39.2 Å². The molecule has 0 saturated carbocycles. The number of carboxylic acids is 1. The van der Waals surface area contributed by atoms with Crippen molar-refractivity contribution < 1.29 is 19.4 Å². The number of nitrogens with zero attached hydrogens (tertiary/aromatic N) is 1. The average Bonchev–Trinajstić information content (AvgIpc) is 2.85. The summed E-state index contributed by atoms with van der Waals surface area (Å²) in [5.74, 6) is -0.906. The first kappa shape index (κ1) is 15.8. The summed E-state index contributed by atoms with van der Waals surface area (Å²) in [6.07, 6.45) is 2.26. The molecule has 0 aliphatic carbocycles. The minimum atomic E-state index is -0.839. The summed E-state index contributed by atoms with van der Waals surface area (Å²) in [7, 11) is 0. The zero-order valence-electron chi connectivity index (χ0n) is 11.7. The lowest BCUT2D eigenvalue weighted by atomic mass is 10.1. The van der Waals surface area contributed by atoms with Crippen LogP contribution in [0.2, 0.25) is 0 Å². The molecular weight excluding hydrogens is 248 g/mol. The van der Waals surface area contributed by atoms with Gasteiger partial charge in [-0.15, -0.1) is 0 Å². The van der Waals surface area contributed by atoms with Crippen molar-refractivity contribution in [3.63, 3.8) is 0 Å². The Bertz CT molecular complexity index is 303. The second-order valence-corrected chi connectivity index (χ2v) is 5.06. The first-order chi connectivity index (χ1) is 9.02. The SMILES string of the molecule is CCN(CC1CCCO1)C(=O)NCC(C)CC(=O)O. The second-order valence-electron chi connectivity index (χ2n) is 5.06. The van der Waals surface area contributed by atoms with Crippen LogP contribution in [0, 0.1) is 5.92 Å². The molecule has 2 N–H and O–H groups in total. The van der Waals surface area contributed by atoms with E-state index in [-0.39, 0.29) is 24.5 Å². The minimum absolute atomic E-state index is 0.0668. The lowest BCUT2D eigenvalue weighted by Gasteiger charge is -2.25. The van der Waals surface area contributed by atoms with E-state index in [1.54, 1.807) is 4.90 Å². The van der Waals surface area contributed by atoms with Crippen LogP contribution >= 0.6 is 0 Å². The van der Waals surface area contributed by atoms with Crippen LogP contribution in [-0.2, 0) is 9.53 Å². The van der Waals surface area contributed by atoms with Gasteiger partial charge in [0.05, 0.1) is 6.10 Å². The second kappa shape index (κ2) is 7.99. The maximum absolute atomic E-state index is 12.0. The Morgan fingerprint density at radius 1 is 1.53 bits per heavy atom. The van der Waals surface area contributed by atoms with Crippen LogP contribution in [0.5, 0.6) is 0 Å². The highest BCUT2D eigenvalue weighted by Gasteiger charge is 2.21. The van der Waals surface area contributed by atoms with E-state index < -0.39 is 5.97 Å². The van der Waals surface area contributed by atoms with Gasteiger partial charge in [-0.2, -0.15) is 0 Å². The van der Waals surface area contributed by atoms with Gasteiger partial charge in [-0.25, -0.2) is 4.79 Å². The first-order valence-electron chi connectivity index (χ1n) is 6.89. The molecule has 1 fully saturated rings. The smallest absolute Gasteiger partial charge is 0.317 e. The molecule has 6 nitrogen and oxygen atoms in total. The van der Waals surface area contributed by atoms with Gasteiger partial charge in [0.15, 0.2) is 0 Å². The van der Waals surface area contributed by atoms with Crippen molar-refractivity contribution in [3.8, 4) is 0 Å². The predicted molar refractivity (Wildman–Crippen MR) is 71.0 cm³/mol. The molecule has 1 heterocycles. The van der Waals surface area contributed by atoms with Gasteiger partial charge in [0, 0.05) is 32.7 Å². The minimum Gasteiger partial charge on any atom is -0.481 e. The van der Waals surface area contributed by atoms with Crippen molar-refractivity contribution in [1.29, 1.82) is 0 Å². The molecule has 1 aliphatic rings. The Morgan fingerprint density at radius 3 is 2.79 bits per heavy atom. The highest BCUT2D eigenvalue weighted by molar-refractivity contribution is 5.74. The molecule has 0 spiro atoms. The van der Waals surface area contributed by atoms with Crippen molar-refractivity contribution in [3.05, 3.63) is 0 Å². The number of hydrogen-bond donors (Lipinski definition) is 2. The van der Waals surface area contributed by atoms with Gasteiger partial charge in [-0.3, -0.25) is 4.79 Å². The van der Waals surface area contributed by atoms with Gasteiger partial charge < -0.3 is 20.1 Å². The van der Waals surface area contributed by atoms with Crippen LogP contribution in [0.3, 0.4) is 0 Å². The van der Waals surface area contributed by atoms with Crippen LogP contribution in [0.15, 0.2) is 0 Å². The molecule has 19 heavy (non-hydrogen) atoms. The molecule has 0 bridgehead atoms. The van der Waals surface area contributed by atoms with E-state index >= 15 is 0 Å². The van der Waals surface area contributed by atoms with Crippen molar-refractivity contribution in [1.82, 2.24) is 10.2 Å². The number of amides is 2. The Labute approximate surface area is 114 Å². The summed E-state index contributed by atoms with van der Waals surface area (Å²) in [6, 6.07) is -0.143. The van der Waals surface area contributed by atoms with Crippen molar-refractivity contribution in [2.75, 3.05) is 26.2 Å². The number of nitrogens with one attached hydrogen (secondary N) is 1. The summed E-state index contributed by atoms with van der Waals surface area (Å²) in [6.45, 7) is 6.13. The van der Waals surface area contributed by atoms with Crippen LogP contribution in [0.25, 0.3) is 0 Å². The van der Waals surface area contributed by atoms with Crippen LogP contribution in [-0.4, -0.2) is 54.4 Å². The zero-order chi connectivity index (χ0) is 14.3. The number of hydrogen-bond acceptors (Lipinski definition) is 3. The lowest BCUT2D eigenvalue weighted by molar-refractivity contribution is -0.137. The number of rotatable bonds is 7. The normalized spacial score (nSPS) is 20.0. The number of urea groups is 1. The molecule has 110 valence electrons. The molecule has 1 rings (SSSR count). The predicted octanol–water partition coefficient (Wildman–Crippen LogP) is 1.31. The molecule has 0 aromatic heterocycles. The van der Waals surface area contributed by atoms with Gasteiger partial charge >= 0.3 is 12.0 Å². The quantitative estimate of drug-likeness (QED) is 0.732. The molecule has 2 unspecified atom stereocenters. The van der Waals surface area contributed by atoms with Gasteiger partial charge in [0.25, 0.3) is 0 Å². The van der Waals surface area contributed by atoms with E-state index in [0.29, 0.717) is 19.6 Å². The standard InChI is InChI=1S/C13H24N2O4/c1-3-15(9-11-5-4-6-19-11)13(18)14-8-10(2)7-12(16)17/h10-11H,3-9H2,1-2H3,(H,14,18)(H,16,17).